The van der Waals surface area contributed by atoms with Gasteiger partial charge in [-0.15, -0.1) is 0 Å². The highest BCUT2D eigenvalue weighted by Crippen LogP contribution is 2.48. The van der Waals surface area contributed by atoms with Crippen LogP contribution in [0.4, 0.5) is 11.4 Å². The summed E-state index contributed by atoms with van der Waals surface area (Å²) in [6.45, 7) is 5.30. The number of carbonyl (C=O) groups excluding carboxylic acids is 5. The molecule has 0 radical (unpaired) electrons. The van der Waals surface area contributed by atoms with Gasteiger partial charge >= 0.3 is 0 Å². The fourth-order valence-electron chi connectivity index (χ4n) is 6.95. The standard InChI is InChI=1S/C37H38ClN5O7S/c38-24-9-11-31-28(23-24)42(26-6-1-2-8-30(26)51-31)15-4-14-40-16-18-41(19-17-40)33(45)13-20-49-21-22-50-29-7-3-5-25-34(29)37(48)43(36(25)47)27-10-12-32(44)39-35(27)46/h1-3,5-9,11,23,27H,4,10,12-22H2,(H,39,44,46). The highest BCUT2D eigenvalue weighted by atomic mass is 35.5. The Morgan fingerprint density at radius 2 is 1.67 bits per heavy atom. The Labute approximate surface area is 305 Å². The van der Waals surface area contributed by atoms with E-state index in [0.29, 0.717) is 13.1 Å². The van der Waals surface area contributed by atoms with Crippen molar-refractivity contribution in [3.8, 4) is 5.75 Å². The molecule has 2 saturated heterocycles. The second-order valence-corrected chi connectivity index (χ2v) is 14.3. The summed E-state index contributed by atoms with van der Waals surface area (Å²) in [7, 11) is 0. The lowest BCUT2D eigenvalue weighted by Gasteiger charge is -2.36. The molecule has 5 amide bonds. The van der Waals surface area contributed by atoms with Gasteiger partial charge in [0.15, 0.2) is 0 Å². The van der Waals surface area contributed by atoms with Crippen molar-refractivity contribution in [1.82, 2.24) is 20.0 Å². The van der Waals surface area contributed by atoms with Gasteiger partial charge in [0, 0.05) is 54.0 Å². The number of halogens is 1. The van der Waals surface area contributed by atoms with Crippen molar-refractivity contribution in [3.63, 3.8) is 0 Å². The number of amides is 5. The smallest absolute Gasteiger partial charge is 0.266 e. The molecule has 266 valence electrons. The van der Waals surface area contributed by atoms with Crippen molar-refractivity contribution < 1.29 is 33.4 Å². The molecule has 3 aromatic carbocycles. The summed E-state index contributed by atoms with van der Waals surface area (Å²) in [5.41, 5.74) is 2.59. The van der Waals surface area contributed by atoms with E-state index in [1.807, 2.05) is 17.0 Å². The van der Waals surface area contributed by atoms with Crippen molar-refractivity contribution in [1.29, 1.82) is 0 Å². The fourth-order valence-corrected chi connectivity index (χ4v) is 8.19. The topological polar surface area (TPSA) is 129 Å². The van der Waals surface area contributed by atoms with Gasteiger partial charge in [-0.05, 0) is 61.9 Å². The summed E-state index contributed by atoms with van der Waals surface area (Å²) >= 11 is 8.14. The fraction of sp³-hybridized carbons (Fsp3) is 0.378. The minimum atomic E-state index is -1.05. The van der Waals surface area contributed by atoms with Crippen molar-refractivity contribution in [2.45, 2.75) is 41.5 Å². The van der Waals surface area contributed by atoms with Gasteiger partial charge in [-0.3, -0.25) is 39.1 Å². The number of nitrogens with zero attached hydrogens (tertiary/aromatic N) is 4. The van der Waals surface area contributed by atoms with Gasteiger partial charge in [0.05, 0.1) is 42.1 Å². The minimum absolute atomic E-state index is 0.0462. The number of hydrogen-bond donors (Lipinski definition) is 1. The molecule has 12 nitrogen and oxygen atoms in total. The van der Waals surface area contributed by atoms with Crippen LogP contribution in [0, 0.1) is 0 Å². The number of piperazine rings is 1. The van der Waals surface area contributed by atoms with Crippen molar-refractivity contribution >= 4 is 64.3 Å². The molecule has 0 bridgehead atoms. The maximum atomic E-state index is 13.2. The zero-order valence-corrected chi connectivity index (χ0v) is 29.5. The molecule has 4 heterocycles. The summed E-state index contributed by atoms with van der Waals surface area (Å²) in [5, 5.41) is 2.92. The van der Waals surface area contributed by atoms with Crippen molar-refractivity contribution in [2.24, 2.45) is 0 Å². The van der Waals surface area contributed by atoms with Crippen LogP contribution in [0.5, 0.6) is 5.75 Å². The minimum Gasteiger partial charge on any atom is -0.490 e. The normalized spacial score (nSPS) is 18.8. The first-order valence-electron chi connectivity index (χ1n) is 17.2. The van der Waals surface area contributed by atoms with Gasteiger partial charge in [0.25, 0.3) is 11.8 Å². The number of imide groups is 2. The Balaban J connectivity index is 0.813. The molecular weight excluding hydrogens is 694 g/mol. The maximum Gasteiger partial charge on any atom is 0.266 e. The summed E-state index contributed by atoms with van der Waals surface area (Å²) in [6, 6.07) is 18.2. The van der Waals surface area contributed by atoms with E-state index in [4.69, 9.17) is 21.1 Å². The van der Waals surface area contributed by atoms with E-state index in [1.54, 1.807) is 23.9 Å². The van der Waals surface area contributed by atoms with Gasteiger partial charge in [0.2, 0.25) is 17.7 Å². The number of ether oxygens (including phenoxy) is 2. The molecule has 0 aliphatic carbocycles. The SMILES string of the molecule is O=C1CCC(N2C(=O)c3cccc(OCCOCCC(=O)N4CCN(CCCN5c6ccccc6Sc6ccc(Cl)cc65)CC4)c3C2=O)C(=O)N1. The first-order chi connectivity index (χ1) is 24.8. The van der Waals surface area contributed by atoms with E-state index >= 15 is 0 Å². The first-order valence-corrected chi connectivity index (χ1v) is 18.4. The highest BCUT2D eigenvalue weighted by molar-refractivity contribution is 7.99. The Morgan fingerprint density at radius 1 is 0.863 bits per heavy atom. The van der Waals surface area contributed by atoms with E-state index in [1.165, 1.54) is 21.5 Å². The van der Waals surface area contributed by atoms with Crippen molar-refractivity contribution in [3.05, 3.63) is 76.8 Å². The van der Waals surface area contributed by atoms with Crippen molar-refractivity contribution in [2.75, 3.05) is 64.0 Å². The molecule has 1 unspecified atom stereocenters. The van der Waals surface area contributed by atoms with E-state index < -0.39 is 29.7 Å². The molecule has 1 N–H and O–H groups in total. The Bertz CT molecular complexity index is 1870. The number of carbonyl (C=O) groups is 5. The molecule has 0 saturated carbocycles. The average molecular weight is 732 g/mol. The first kappa shape index (κ1) is 35.0. The predicted molar refractivity (Wildman–Crippen MR) is 191 cm³/mol. The molecule has 4 aliphatic heterocycles. The Kier molecular flexibility index (Phi) is 10.6. The molecule has 2 fully saturated rings. The second kappa shape index (κ2) is 15.4. The van der Waals surface area contributed by atoms with E-state index in [9.17, 15) is 24.0 Å². The number of fused-ring (bicyclic) bond motifs is 3. The predicted octanol–water partition coefficient (Wildman–Crippen LogP) is 4.36. The lowest BCUT2D eigenvalue weighted by atomic mass is 10.0. The molecule has 14 heteroatoms. The lowest BCUT2D eigenvalue weighted by Crippen LogP contribution is -2.54. The van der Waals surface area contributed by atoms with Crippen LogP contribution in [0.2, 0.25) is 5.02 Å². The van der Waals surface area contributed by atoms with Crippen LogP contribution in [0.3, 0.4) is 0 Å². The Hall–Kier alpha value is -4.43. The van der Waals surface area contributed by atoms with Crippen LogP contribution in [0.1, 0.15) is 46.4 Å². The van der Waals surface area contributed by atoms with E-state index in [0.717, 1.165) is 48.2 Å². The number of hydrogen-bond acceptors (Lipinski definition) is 10. The molecule has 0 spiro atoms. The molecule has 51 heavy (non-hydrogen) atoms. The molecule has 7 rings (SSSR count). The van der Waals surface area contributed by atoms with Gasteiger partial charge in [-0.2, -0.15) is 0 Å². The molecule has 3 aromatic rings. The second-order valence-electron chi connectivity index (χ2n) is 12.7. The maximum absolute atomic E-state index is 13.2. The monoisotopic (exact) mass is 731 g/mol. The molecular formula is C37H38ClN5O7S. The largest absolute Gasteiger partial charge is 0.490 e. The van der Waals surface area contributed by atoms with Crippen LogP contribution in [0.15, 0.2) is 70.5 Å². The van der Waals surface area contributed by atoms with Crippen LogP contribution in [0.25, 0.3) is 0 Å². The third-order valence-electron chi connectivity index (χ3n) is 9.54. The summed E-state index contributed by atoms with van der Waals surface area (Å²) in [4.78, 5) is 73.0. The van der Waals surface area contributed by atoms with Crippen LogP contribution in [-0.2, 0) is 19.1 Å². The quantitative estimate of drug-likeness (QED) is 0.212. The third kappa shape index (κ3) is 7.48. The molecule has 4 aliphatic rings. The molecule has 0 aromatic heterocycles. The number of benzene rings is 3. The van der Waals surface area contributed by atoms with Crippen LogP contribution >= 0.6 is 23.4 Å². The van der Waals surface area contributed by atoms with Crippen LogP contribution < -0.4 is 15.0 Å². The highest BCUT2D eigenvalue weighted by Gasteiger charge is 2.46. The summed E-state index contributed by atoms with van der Waals surface area (Å²) in [5.74, 6) is -2.06. The number of para-hydroxylation sites is 1. The number of rotatable bonds is 12. The lowest BCUT2D eigenvalue weighted by molar-refractivity contribution is -0.136. The van der Waals surface area contributed by atoms with Gasteiger partial charge < -0.3 is 19.3 Å². The van der Waals surface area contributed by atoms with Gasteiger partial charge in [-0.1, -0.05) is 41.6 Å². The van der Waals surface area contributed by atoms with Gasteiger partial charge in [0.1, 0.15) is 18.4 Å². The molecule has 1 atom stereocenters. The summed E-state index contributed by atoms with van der Waals surface area (Å²) in [6.07, 6.45) is 1.35. The van der Waals surface area contributed by atoms with Crippen LogP contribution in [-0.4, -0.2) is 109 Å². The van der Waals surface area contributed by atoms with E-state index in [-0.39, 0.29) is 61.9 Å². The zero-order valence-electron chi connectivity index (χ0n) is 28.0. The van der Waals surface area contributed by atoms with Gasteiger partial charge in [-0.25, -0.2) is 0 Å². The number of piperidine rings is 1. The third-order valence-corrected chi connectivity index (χ3v) is 10.9. The average Bonchev–Trinajstić information content (AvgIpc) is 3.39. The number of nitrogens with one attached hydrogen (secondary N) is 1. The Morgan fingerprint density at radius 3 is 2.49 bits per heavy atom. The summed E-state index contributed by atoms with van der Waals surface area (Å²) < 4.78 is 11.5. The van der Waals surface area contributed by atoms with E-state index in [2.05, 4.69) is 45.4 Å². The number of anilines is 2. The zero-order chi connectivity index (χ0) is 35.5.